The Kier molecular flexibility index (Phi) is 15.7. The number of Topliss-reactive ketones (excluding diaryl/α,β-unsaturated/α-hetero) is 1. The van der Waals surface area contributed by atoms with Crippen molar-refractivity contribution < 1.29 is 33.8 Å². The molecule has 1 heterocycles. The normalized spacial score (nSPS) is 19.7. The fraction of sp³-hybridized carbons (Fsp3) is 0.667. The van der Waals surface area contributed by atoms with Crippen LogP contribution in [0.1, 0.15) is 85.8 Å². The highest BCUT2D eigenvalue weighted by Crippen LogP contribution is 2.35. The predicted molar refractivity (Wildman–Crippen MR) is 200 cm³/mol. The second kappa shape index (κ2) is 19.2. The summed E-state index contributed by atoms with van der Waals surface area (Å²) in [5, 5.41) is 25.9. The zero-order valence-electron chi connectivity index (χ0n) is 32.3. The van der Waals surface area contributed by atoms with Gasteiger partial charge in [0.05, 0.1) is 18.1 Å². The Morgan fingerprint density at radius 2 is 1.65 bits per heavy atom. The lowest BCUT2D eigenvalue weighted by Gasteiger charge is -2.38. The second-order valence-electron chi connectivity index (χ2n) is 15.9. The van der Waals surface area contributed by atoms with Crippen LogP contribution in [-0.2, 0) is 32.0 Å². The molecule has 2 aliphatic rings. The Bertz CT molecular complexity index is 1380. The van der Waals surface area contributed by atoms with Gasteiger partial charge in [0.2, 0.25) is 11.7 Å². The van der Waals surface area contributed by atoms with Gasteiger partial charge in [-0.25, -0.2) is 9.59 Å². The number of fused-ring (bicyclic) bond motifs is 1. The van der Waals surface area contributed by atoms with Gasteiger partial charge < -0.3 is 36.0 Å². The maximum absolute atomic E-state index is 14.8. The summed E-state index contributed by atoms with van der Waals surface area (Å²) in [7, 11) is 0. The number of rotatable bonds is 17. The van der Waals surface area contributed by atoms with Crippen molar-refractivity contribution in [2.75, 3.05) is 19.7 Å². The lowest BCUT2D eigenvalue weighted by Crippen LogP contribution is -2.62. The van der Waals surface area contributed by atoms with Gasteiger partial charge in [0.25, 0.3) is 5.91 Å². The number of nitrogens with one attached hydrogen (secondary N) is 5. The molecular weight excluding hydrogens is 664 g/mol. The summed E-state index contributed by atoms with van der Waals surface area (Å²) < 4.78 is 5.44. The maximum Gasteiger partial charge on any atom is 0.407 e. The molecule has 1 aliphatic heterocycles. The van der Waals surface area contributed by atoms with Crippen LogP contribution < -0.4 is 26.6 Å². The van der Waals surface area contributed by atoms with Crippen molar-refractivity contribution >= 4 is 29.7 Å². The molecule has 0 spiro atoms. The second-order valence-corrected chi connectivity index (χ2v) is 15.9. The number of urea groups is 1. The zero-order valence-corrected chi connectivity index (χ0v) is 32.3. The smallest absolute Gasteiger partial charge is 0.407 e. The van der Waals surface area contributed by atoms with Crippen LogP contribution in [0.4, 0.5) is 9.59 Å². The monoisotopic (exact) mass is 726 g/mol. The van der Waals surface area contributed by atoms with Crippen LogP contribution in [0.3, 0.4) is 0 Å². The number of aliphatic hydroxyl groups excluding tert-OH is 1. The number of amides is 5. The highest BCUT2D eigenvalue weighted by atomic mass is 16.5. The molecule has 1 aliphatic carbocycles. The fourth-order valence-electron chi connectivity index (χ4n) is 7.20. The third kappa shape index (κ3) is 11.5. The summed E-state index contributed by atoms with van der Waals surface area (Å²) in [5.41, 5.74) is 1.73. The number of hydrogen-bond donors (Lipinski definition) is 6. The molecule has 1 aromatic rings. The highest BCUT2D eigenvalue weighted by Gasteiger charge is 2.47. The minimum atomic E-state index is -1.32. The number of aliphatic hydroxyl groups is 1. The third-order valence-electron chi connectivity index (χ3n) is 10.1. The van der Waals surface area contributed by atoms with Gasteiger partial charge in [-0.2, -0.15) is 0 Å². The summed E-state index contributed by atoms with van der Waals surface area (Å²) >= 11 is 0. The molecule has 1 aromatic carbocycles. The number of ether oxygens (including phenoxy) is 1. The predicted octanol–water partition coefficient (Wildman–Crippen LogP) is 3.44. The number of carbonyl (C=O) groups is 5. The quantitative estimate of drug-likeness (QED) is 0.0804. The van der Waals surface area contributed by atoms with E-state index >= 15 is 0 Å². The molecule has 5 amide bonds. The molecule has 6 atom stereocenters. The van der Waals surface area contributed by atoms with Crippen LogP contribution >= 0.6 is 0 Å². The molecule has 52 heavy (non-hydrogen) atoms. The van der Waals surface area contributed by atoms with Gasteiger partial charge in [0.15, 0.2) is 0 Å². The molecule has 1 fully saturated rings. The van der Waals surface area contributed by atoms with Gasteiger partial charge in [-0.15, -0.1) is 6.58 Å². The van der Waals surface area contributed by atoms with E-state index < -0.39 is 59.6 Å². The summed E-state index contributed by atoms with van der Waals surface area (Å²) in [4.78, 5) is 68.2. The molecule has 290 valence electrons. The maximum atomic E-state index is 14.8. The number of alkyl carbamates (subject to hydrolysis) is 1. The van der Waals surface area contributed by atoms with Gasteiger partial charge >= 0.3 is 12.1 Å². The van der Waals surface area contributed by atoms with Crippen molar-refractivity contribution in [3.05, 3.63) is 48.0 Å². The van der Waals surface area contributed by atoms with Crippen LogP contribution in [0, 0.1) is 23.2 Å². The average Bonchev–Trinajstić information content (AvgIpc) is 3.71. The largest absolute Gasteiger partial charge is 0.447 e. The molecule has 0 saturated carbocycles. The summed E-state index contributed by atoms with van der Waals surface area (Å²) in [6.07, 6.45) is 2.24. The Morgan fingerprint density at radius 3 is 2.19 bits per heavy atom. The van der Waals surface area contributed by atoms with E-state index in [9.17, 15) is 29.1 Å². The molecule has 6 N–H and O–H groups in total. The minimum absolute atomic E-state index is 0.0751. The van der Waals surface area contributed by atoms with Crippen molar-refractivity contribution in [2.45, 2.75) is 124 Å². The van der Waals surface area contributed by atoms with Gasteiger partial charge in [-0.1, -0.05) is 78.3 Å². The van der Waals surface area contributed by atoms with Gasteiger partial charge in [-0.05, 0) is 73.8 Å². The average molecular weight is 727 g/mol. The standard InChI is InChI=1S/C39H62N6O7/c1-10-14-29(33(46)35(48)40-18-11-2)42-34(47)32-28(23(3)4)17-19-45(32)36(49)31(27-20-25-15-12-13-16-26(25)21-27)44-37(50)43-30(39(7,8)9)22-52-38(51)41-24(5)6/h11-13,15-16,23-24,27-32,34,42,47H,2,10,14,17-22H2,1,3-9H3,(H,40,48)(H,41,51)(H2,43,44,50)/t28-,29?,30-,31?,32?,34?/m1/s1. The summed E-state index contributed by atoms with van der Waals surface area (Å²) in [6, 6.07) is 4.09. The van der Waals surface area contributed by atoms with E-state index in [2.05, 4.69) is 33.2 Å². The Balaban J connectivity index is 1.90. The Labute approximate surface area is 309 Å². The lowest BCUT2D eigenvalue weighted by molar-refractivity contribution is -0.142. The minimum Gasteiger partial charge on any atom is -0.447 e. The zero-order chi connectivity index (χ0) is 38.7. The highest BCUT2D eigenvalue weighted by molar-refractivity contribution is 6.38. The van der Waals surface area contributed by atoms with Crippen LogP contribution in [0.5, 0.6) is 0 Å². The first kappa shape index (κ1) is 42.4. The molecular formula is C39H62N6O7. The molecule has 13 nitrogen and oxygen atoms in total. The van der Waals surface area contributed by atoms with Crippen molar-refractivity contribution in [1.29, 1.82) is 0 Å². The first-order chi connectivity index (χ1) is 24.5. The van der Waals surface area contributed by atoms with E-state index in [0.29, 0.717) is 38.6 Å². The SMILES string of the molecule is C=CCNC(=O)C(=O)C(CCC)NC(O)C1[C@@H](C(C)C)CCN1C(=O)C(NC(=O)N[C@H](COC(=O)NC(C)C)C(C)(C)C)C1Cc2ccccc2C1. The van der Waals surface area contributed by atoms with E-state index in [0.717, 1.165) is 11.1 Å². The van der Waals surface area contributed by atoms with Gasteiger partial charge in [0, 0.05) is 19.1 Å². The number of benzene rings is 1. The van der Waals surface area contributed by atoms with Gasteiger partial charge in [-0.3, -0.25) is 19.7 Å². The van der Waals surface area contributed by atoms with E-state index in [-0.39, 0.29) is 42.9 Å². The van der Waals surface area contributed by atoms with Crippen LogP contribution in [0.15, 0.2) is 36.9 Å². The summed E-state index contributed by atoms with van der Waals surface area (Å²) in [6.45, 7) is 19.3. The van der Waals surface area contributed by atoms with E-state index in [1.54, 1.807) is 4.90 Å². The molecule has 0 radical (unpaired) electrons. The Morgan fingerprint density at radius 1 is 1.02 bits per heavy atom. The van der Waals surface area contributed by atoms with Crippen LogP contribution in [0.2, 0.25) is 0 Å². The molecule has 0 aromatic heterocycles. The Hall–Kier alpha value is -3.97. The van der Waals surface area contributed by atoms with Crippen molar-refractivity contribution in [1.82, 2.24) is 31.5 Å². The van der Waals surface area contributed by atoms with E-state index in [1.807, 2.05) is 79.7 Å². The van der Waals surface area contributed by atoms with Crippen LogP contribution in [0.25, 0.3) is 0 Å². The molecule has 1 saturated heterocycles. The van der Waals surface area contributed by atoms with E-state index in [4.69, 9.17) is 4.74 Å². The molecule has 13 heteroatoms. The number of carbonyl (C=O) groups excluding carboxylic acids is 5. The fourth-order valence-corrected chi connectivity index (χ4v) is 7.20. The number of hydrogen-bond acceptors (Lipinski definition) is 8. The van der Waals surface area contributed by atoms with Crippen LogP contribution in [-0.4, -0.2) is 95.9 Å². The number of ketones is 1. The molecule has 3 rings (SSSR count). The molecule has 0 bridgehead atoms. The number of likely N-dealkylation sites (tertiary alicyclic amines) is 1. The number of nitrogens with zero attached hydrogens (tertiary/aromatic N) is 1. The van der Waals surface area contributed by atoms with Crippen molar-refractivity contribution in [2.24, 2.45) is 23.2 Å². The van der Waals surface area contributed by atoms with E-state index in [1.165, 1.54) is 6.08 Å². The van der Waals surface area contributed by atoms with Crippen molar-refractivity contribution in [3.8, 4) is 0 Å². The molecule has 4 unspecified atom stereocenters. The third-order valence-corrected chi connectivity index (χ3v) is 10.1. The topological polar surface area (TPSA) is 178 Å². The summed E-state index contributed by atoms with van der Waals surface area (Å²) in [5.74, 6) is -2.09. The first-order valence-electron chi connectivity index (χ1n) is 18.7. The lowest BCUT2D eigenvalue weighted by atomic mass is 9.87. The van der Waals surface area contributed by atoms with Crippen molar-refractivity contribution in [3.63, 3.8) is 0 Å². The first-order valence-corrected chi connectivity index (χ1v) is 18.7. The van der Waals surface area contributed by atoms with Gasteiger partial charge in [0.1, 0.15) is 18.9 Å².